The molecule has 2 N–H and O–H groups in total. The van der Waals surface area contributed by atoms with E-state index in [4.69, 9.17) is 5.73 Å². The maximum absolute atomic E-state index is 13.4. The van der Waals surface area contributed by atoms with Crippen LogP contribution in [0.15, 0.2) is 39.3 Å². The standard InChI is InChI=1S/C15H10Br2FN3/c1-7-4-8(2-3-12(7)18)15-20-13-10(14(19)21-15)5-9(16)6-11(13)17/h2-6H,1H3,(H2,19,20,21). The first-order valence-electron chi connectivity index (χ1n) is 6.14. The fourth-order valence-corrected chi connectivity index (χ4v) is 3.41. The lowest BCUT2D eigenvalue weighted by atomic mass is 10.1. The summed E-state index contributed by atoms with van der Waals surface area (Å²) in [5.74, 6) is 0.614. The fourth-order valence-electron chi connectivity index (χ4n) is 2.09. The summed E-state index contributed by atoms with van der Waals surface area (Å²) in [4.78, 5) is 8.86. The van der Waals surface area contributed by atoms with Crippen LogP contribution in [0.3, 0.4) is 0 Å². The van der Waals surface area contributed by atoms with E-state index >= 15 is 0 Å². The highest BCUT2D eigenvalue weighted by molar-refractivity contribution is 9.11. The van der Waals surface area contributed by atoms with Gasteiger partial charge in [-0.2, -0.15) is 0 Å². The van der Waals surface area contributed by atoms with Crippen LogP contribution in [0, 0.1) is 12.7 Å². The van der Waals surface area contributed by atoms with E-state index in [9.17, 15) is 4.39 Å². The van der Waals surface area contributed by atoms with Gasteiger partial charge in [0.15, 0.2) is 5.82 Å². The van der Waals surface area contributed by atoms with Crippen molar-refractivity contribution in [1.29, 1.82) is 0 Å². The Labute approximate surface area is 137 Å². The van der Waals surface area contributed by atoms with Gasteiger partial charge in [-0.15, -0.1) is 0 Å². The molecule has 106 valence electrons. The molecule has 1 aromatic heterocycles. The number of nitrogen functional groups attached to an aromatic ring is 1. The monoisotopic (exact) mass is 409 g/mol. The summed E-state index contributed by atoms with van der Waals surface area (Å²) in [5, 5.41) is 0.763. The van der Waals surface area contributed by atoms with E-state index in [1.807, 2.05) is 12.1 Å². The molecule has 0 aliphatic carbocycles. The third kappa shape index (κ3) is 2.65. The zero-order valence-corrected chi connectivity index (χ0v) is 14.2. The SMILES string of the molecule is Cc1cc(-c2nc(N)c3cc(Br)cc(Br)c3n2)ccc1F. The fraction of sp³-hybridized carbons (Fsp3) is 0.0667. The van der Waals surface area contributed by atoms with E-state index in [-0.39, 0.29) is 5.82 Å². The molecule has 0 radical (unpaired) electrons. The largest absolute Gasteiger partial charge is 0.383 e. The average molecular weight is 411 g/mol. The summed E-state index contributed by atoms with van der Waals surface area (Å²) in [7, 11) is 0. The minimum absolute atomic E-state index is 0.252. The van der Waals surface area contributed by atoms with Gasteiger partial charge in [0.25, 0.3) is 0 Å². The van der Waals surface area contributed by atoms with E-state index in [0.717, 1.165) is 25.4 Å². The number of aromatic nitrogens is 2. The van der Waals surface area contributed by atoms with Gasteiger partial charge in [-0.25, -0.2) is 14.4 Å². The lowest BCUT2D eigenvalue weighted by Gasteiger charge is -2.08. The van der Waals surface area contributed by atoms with E-state index in [1.54, 1.807) is 19.1 Å². The number of rotatable bonds is 1. The van der Waals surface area contributed by atoms with Crippen molar-refractivity contribution in [3.05, 3.63) is 50.7 Å². The van der Waals surface area contributed by atoms with Crippen molar-refractivity contribution in [2.45, 2.75) is 6.92 Å². The molecular weight excluding hydrogens is 401 g/mol. The number of aryl methyl sites for hydroxylation is 1. The number of benzene rings is 2. The van der Waals surface area contributed by atoms with E-state index < -0.39 is 0 Å². The molecule has 0 amide bonds. The first kappa shape index (κ1) is 14.4. The zero-order valence-electron chi connectivity index (χ0n) is 11.0. The van der Waals surface area contributed by atoms with Gasteiger partial charge >= 0.3 is 0 Å². The number of hydrogen-bond acceptors (Lipinski definition) is 3. The predicted molar refractivity (Wildman–Crippen MR) is 89.5 cm³/mol. The molecule has 0 aliphatic rings. The second kappa shape index (κ2) is 5.35. The lowest BCUT2D eigenvalue weighted by molar-refractivity contribution is 0.618. The Morgan fingerprint density at radius 1 is 1.10 bits per heavy atom. The molecular formula is C15H10Br2FN3. The molecule has 0 unspecified atom stereocenters. The van der Waals surface area contributed by atoms with Crippen molar-refractivity contribution in [3.8, 4) is 11.4 Å². The summed E-state index contributed by atoms with van der Waals surface area (Å²) < 4.78 is 15.1. The van der Waals surface area contributed by atoms with Gasteiger partial charge in [0.2, 0.25) is 0 Å². The van der Waals surface area contributed by atoms with Crippen molar-refractivity contribution in [2.75, 3.05) is 5.73 Å². The smallest absolute Gasteiger partial charge is 0.162 e. The van der Waals surface area contributed by atoms with Gasteiger partial charge < -0.3 is 5.73 Å². The number of hydrogen-bond donors (Lipinski definition) is 1. The summed E-state index contributed by atoms with van der Waals surface area (Å²) >= 11 is 6.89. The summed E-state index contributed by atoms with van der Waals surface area (Å²) in [6, 6.07) is 8.53. The molecule has 0 spiro atoms. The summed E-state index contributed by atoms with van der Waals surface area (Å²) in [6.45, 7) is 1.70. The lowest BCUT2D eigenvalue weighted by Crippen LogP contribution is -1.99. The van der Waals surface area contributed by atoms with Crippen LogP contribution in [0.5, 0.6) is 0 Å². The van der Waals surface area contributed by atoms with Crippen molar-refractivity contribution >= 4 is 48.6 Å². The number of anilines is 1. The number of nitrogens with zero attached hydrogens (tertiary/aromatic N) is 2. The molecule has 0 bridgehead atoms. The molecule has 0 saturated heterocycles. The normalized spacial score (nSPS) is 11.0. The first-order valence-corrected chi connectivity index (χ1v) is 7.73. The van der Waals surface area contributed by atoms with Crippen LogP contribution in [0.4, 0.5) is 10.2 Å². The Balaban J connectivity index is 2.27. The molecule has 0 atom stereocenters. The van der Waals surface area contributed by atoms with Gasteiger partial charge in [0.1, 0.15) is 11.6 Å². The Bertz CT molecular complexity index is 865. The van der Waals surface area contributed by atoms with Crippen molar-refractivity contribution in [2.24, 2.45) is 0 Å². The Hall–Kier alpha value is -1.53. The molecule has 3 nitrogen and oxygen atoms in total. The molecule has 6 heteroatoms. The molecule has 21 heavy (non-hydrogen) atoms. The topological polar surface area (TPSA) is 51.8 Å². The van der Waals surface area contributed by atoms with E-state index in [0.29, 0.717) is 17.2 Å². The van der Waals surface area contributed by atoms with Gasteiger partial charge in [0, 0.05) is 19.9 Å². The van der Waals surface area contributed by atoms with Crippen LogP contribution in [-0.4, -0.2) is 9.97 Å². The van der Waals surface area contributed by atoms with Crippen molar-refractivity contribution < 1.29 is 4.39 Å². The summed E-state index contributed by atoms with van der Waals surface area (Å²) in [6.07, 6.45) is 0. The summed E-state index contributed by atoms with van der Waals surface area (Å²) in [5.41, 5.74) is 8.04. The molecule has 3 rings (SSSR count). The highest BCUT2D eigenvalue weighted by Gasteiger charge is 2.11. The van der Waals surface area contributed by atoms with Crippen molar-refractivity contribution in [1.82, 2.24) is 9.97 Å². The van der Waals surface area contributed by atoms with Gasteiger partial charge in [-0.05, 0) is 58.7 Å². The minimum Gasteiger partial charge on any atom is -0.383 e. The molecule has 3 aromatic rings. The van der Waals surface area contributed by atoms with Crippen LogP contribution in [0.1, 0.15) is 5.56 Å². The second-order valence-corrected chi connectivity index (χ2v) is 6.45. The van der Waals surface area contributed by atoms with Crippen LogP contribution in [0.25, 0.3) is 22.3 Å². The van der Waals surface area contributed by atoms with Crippen LogP contribution in [0.2, 0.25) is 0 Å². The second-order valence-electron chi connectivity index (χ2n) is 4.68. The van der Waals surface area contributed by atoms with Crippen LogP contribution >= 0.6 is 31.9 Å². The number of halogens is 3. The molecule has 0 aliphatic heterocycles. The molecule has 1 heterocycles. The van der Waals surface area contributed by atoms with Crippen LogP contribution < -0.4 is 5.73 Å². The Morgan fingerprint density at radius 2 is 1.86 bits per heavy atom. The zero-order chi connectivity index (χ0) is 15.1. The third-order valence-electron chi connectivity index (χ3n) is 3.16. The van der Waals surface area contributed by atoms with Gasteiger partial charge in [-0.3, -0.25) is 0 Å². The van der Waals surface area contributed by atoms with E-state index in [2.05, 4.69) is 41.8 Å². The highest BCUT2D eigenvalue weighted by Crippen LogP contribution is 2.31. The van der Waals surface area contributed by atoms with Crippen LogP contribution in [-0.2, 0) is 0 Å². The maximum Gasteiger partial charge on any atom is 0.162 e. The van der Waals surface area contributed by atoms with E-state index in [1.165, 1.54) is 6.07 Å². The molecule has 2 aromatic carbocycles. The predicted octanol–water partition coefficient (Wildman–Crippen LogP) is 4.85. The first-order chi connectivity index (χ1) is 9.95. The van der Waals surface area contributed by atoms with Crippen molar-refractivity contribution in [3.63, 3.8) is 0 Å². The quantitative estimate of drug-likeness (QED) is 0.623. The Morgan fingerprint density at radius 3 is 2.57 bits per heavy atom. The molecule has 0 fully saturated rings. The third-order valence-corrected chi connectivity index (χ3v) is 4.23. The minimum atomic E-state index is -0.252. The number of nitrogens with two attached hydrogens (primary N) is 1. The molecule has 0 saturated carbocycles. The Kier molecular flexibility index (Phi) is 3.67. The van der Waals surface area contributed by atoms with Gasteiger partial charge in [-0.1, -0.05) is 15.9 Å². The van der Waals surface area contributed by atoms with Gasteiger partial charge in [0.05, 0.1) is 5.52 Å². The number of fused-ring (bicyclic) bond motifs is 1. The maximum atomic E-state index is 13.4. The average Bonchev–Trinajstić information content (AvgIpc) is 2.43. The highest BCUT2D eigenvalue weighted by atomic mass is 79.9.